The summed E-state index contributed by atoms with van der Waals surface area (Å²) >= 11 is 0. The Morgan fingerprint density at radius 2 is 1.76 bits per heavy atom. The normalized spacial score (nSPS) is 11.3. The summed E-state index contributed by atoms with van der Waals surface area (Å²) in [6.07, 6.45) is 1.38. The molecule has 1 atom stereocenters. The lowest BCUT2D eigenvalue weighted by Crippen LogP contribution is -2.07. The van der Waals surface area contributed by atoms with Gasteiger partial charge in [-0.1, -0.05) is 47.9 Å². The van der Waals surface area contributed by atoms with Crippen molar-refractivity contribution in [3.63, 3.8) is 0 Å². The highest BCUT2D eigenvalue weighted by Gasteiger charge is 2.25. The molecule has 1 unspecified atom stereocenters. The number of sulfone groups is 1. The van der Waals surface area contributed by atoms with Crippen LogP contribution in [0.15, 0.2) is 82.7 Å². The van der Waals surface area contributed by atoms with Gasteiger partial charge in [0, 0.05) is 17.1 Å². The number of pyridine rings is 1. The summed E-state index contributed by atoms with van der Waals surface area (Å²) in [4.78, 5) is 4.54. The first-order valence-electron chi connectivity index (χ1n) is 8.69. The fourth-order valence-corrected chi connectivity index (χ4v) is 4.94. The molecule has 0 aliphatic heterocycles. The lowest BCUT2D eigenvalue weighted by Gasteiger charge is -2.14. The molecule has 0 aliphatic carbocycles. The van der Waals surface area contributed by atoms with Crippen LogP contribution in [0, 0.1) is 11.3 Å². The highest BCUT2D eigenvalue weighted by molar-refractivity contribution is 7.91. The van der Waals surface area contributed by atoms with Crippen LogP contribution >= 0.6 is 9.24 Å². The topological polar surface area (TPSA) is 70.8 Å². The molecule has 2 radical (unpaired) electrons. The predicted molar refractivity (Wildman–Crippen MR) is 119 cm³/mol. The largest absolute Gasteiger partial charge is 0.255 e. The van der Waals surface area contributed by atoms with Crippen molar-refractivity contribution in [1.29, 1.82) is 5.26 Å². The average Bonchev–Trinajstić information content (AvgIpc) is 2.73. The van der Waals surface area contributed by atoms with Gasteiger partial charge in [-0.2, -0.15) is 5.26 Å². The van der Waals surface area contributed by atoms with Crippen LogP contribution in [0.5, 0.6) is 0 Å². The molecule has 0 saturated heterocycles. The van der Waals surface area contributed by atoms with Crippen molar-refractivity contribution in [2.45, 2.75) is 9.79 Å². The molecule has 138 valence electrons. The van der Waals surface area contributed by atoms with Gasteiger partial charge >= 0.3 is 0 Å². The average molecular weight is 412 g/mol. The van der Waals surface area contributed by atoms with Crippen LogP contribution in [0.3, 0.4) is 0 Å². The summed E-state index contributed by atoms with van der Waals surface area (Å²) < 4.78 is 27.0. The maximum atomic E-state index is 13.5. The number of nitrogens with zero attached hydrogens (tertiary/aromatic N) is 2. The van der Waals surface area contributed by atoms with Crippen LogP contribution in [-0.4, -0.2) is 21.2 Å². The third kappa shape index (κ3) is 3.56. The van der Waals surface area contributed by atoms with Crippen LogP contribution in [-0.2, 0) is 9.84 Å². The van der Waals surface area contributed by atoms with E-state index in [-0.39, 0.29) is 15.4 Å². The molecule has 1 aromatic heterocycles. The molecule has 0 spiro atoms. The van der Waals surface area contributed by atoms with Gasteiger partial charge in [-0.3, -0.25) is 4.98 Å². The van der Waals surface area contributed by atoms with E-state index in [4.69, 9.17) is 13.1 Å². The number of benzene rings is 3. The van der Waals surface area contributed by atoms with Gasteiger partial charge in [-0.05, 0) is 35.1 Å². The number of hydrogen-bond donors (Lipinski definition) is 0. The van der Waals surface area contributed by atoms with E-state index in [1.54, 1.807) is 36.4 Å². The maximum Gasteiger partial charge on any atom is 0.208 e. The van der Waals surface area contributed by atoms with Crippen LogP contribution in [0.25, 0.3) is 22.0 Å². The lowest BCUT2D eigenvalue weighted by atomic mass is 9.93. The molecular weight excluding hydrogens is 398 g/mol. The standard InChI is InChI=1S/C22H14BN2O2PS/c23-16-6-4-15(5-7-16)22-19-9-8-17(28)11-20(19)25-13-21(22)29(26,27)18-3-1-2-14(10-18)12-24/h1-11,13H,28H2. The van der Waals surface area contributed by atoms with E-state index < -0.39 is 9.84 Å². The summed E-state index contributed by atoms with van der Waals surface area (Å²) in [5.41, 5.74) is 2.83. The minimum absolute atomic E-state index is 0.0528. The number of nitriles is 1. The number of aromatic nitrogens is 1. The predicted octanol–water partition coefficient (Wildman–Crippen LogP) is 2.90. The Kier molecular flexibility index (Phi) is 4.96. The Morgan fingerprint density at radius 3 is 2.48 bits per heavy atom. The van der Waals surface area contributed by atoms with E-state index in [9.17, 15) is 8.42 Å². The molecule has 0 bridgehead atoms. The summed E-state index contributed by atoms with van der Waals surface area (Å²) in [6, 6.07) is 20.7. The second kappa shape index (κ2) is 7.44. The quantitative estimate of drug-likeness (QED) is 0.383. The van der Waals surface area contributed by atoms with Crippen molar-refractivity contribution in [3.05, 3.63) is 78.5 Å². The van der Waals surface area contributed by atoms with Gasteiger partial charge in [-0.25, -0.2) is 8.42 Å². The first-order chi connectivity index (χ1) is 13.9. The molecule has 7 heteroatoms. The summed E-state index contributed by atoms with van der Waals surface area (Å²) in [6.45, 7) is 0. The van der Waals surface area contributed by atoms with Crippen molar-refractivity contribution in [2.24, 2.45) is 0 Å². The Morgan fingerprint density at radius 1 is 1.00 bits per heavy atom. The molecule has 0 aliphatic rings. The Labute approximate surface area is 172 Å². The Bertz CT molecular complexity index is 1400. The van der Waals surface area contributed by atoms with Gasteiger partial charge in [0.05, 0.1) is 26.9 Å². The lowest BCUT2D eigenvalue weighted by molar-refractivity contribution is 0.596. The second-order valence-electron chi connectivity index (χ2n) is 6.54. The Hall–Kier alpha value is -3.00. The van der Waals surface area contributed by atoms with E-state index in [0.29, 0.717) is 16.5 Å². The Balaban J connectivity index is 2.06. The highest BCUT2D eigenvalue weighted by atomic mass is 32.2. The van der Waals surface area contributed by atoms with Crippen molar-refractivity contribution in [2.75, 3.05) is 0 Å². The monoisotopic (exact) mass is 412 g/mol. The second-order valence-corrected chi connectivity index (χ2v) is 9.12. The number of fused-ring (bicyclic) bond motifs is 1. The van der Waals surface area contributed by atoms with Crippen molar-refractivity contribution < 1.29 is 8.42 Å². The van der Waals surface area contributed by atoms with Gasteiger partial charge in [0.2, 0.25) is 9.84 Å². The van der Waals surface area contributed by atoms with E-state index in [1.807, 2.05) is 24.3 Å². The van der Waals surface area contributed by atoms with Gasteiger partial charge < -0.3 is 0 Å². The third-order valence-electron chi connectivity index (χ3n) is 4.62. The highest BCUT2D eigenvalue weighted by Crippen LogP contribution is 2.36. The zero-order valence-corrected chi connectivity index (χ0v) is 17.2. The first kappa shape index (κ1) is 19.3. The first-order valence-corrected chi connectivity index (χ1v) is 10.8. The molecule has 0 amide bonds. The molecule has 4 nitrogen and oxygen atoms in total. The van der Waals surface area contributed by atoms with E-state index >= 15 is 0 Å². The number of rotatable bonds is 3. The van der Waals surface area contributed by atoms with E-state index in [2.05, 4.69) is 14.2 Å². The summed E-state index contributed by atoms with van der Waals surface area (Å²) in [7, 11) is 4.52. The van der Waals surface area contributed by atoms with E-state index in [1.165, 1.54) is 18.3 Å². The minimum atomic E-state index is -3.91. The van der Waals surface area contributed by atoms with Gasteiger partial charge in [0.15, 0.2) is 0 Å². The van der Waals surface area contributed by atoms with Crippen molar-refractivity contribution in [1.82, 2.24) is 4.98 Å². The third-order valence-corrected chi connectivity index (χ3v) is 6.74. The molecule has 1 heterocycles. The number of hydrogen-bond acceptors (Lipinski definition) is 4. The van der Waals surface area contributed by atoms with Gasteiger partial charge in [0.25, 0.3) is 0 Å². The molecule has 4 aromatic rings. The van der Waals surface area contributed by atoms with Crippen LogP contribution < -0.4 is 10.8 Å². The fourth-order valence-electron chi connectivity index (χ4n) is 3.20. The molecule has 0 saturated carbocycles. The molecule has 3 aromatic carbocycles. The van der Waals surface area contributed by atoms with Crippen molar-refractivity contribution in [3.8, 4) is 17.2 Å². The van der Waals surface area contributed by atoms with Crippen LogP contribution in [0.1, 0.15) is 5.56 Å². The molecular formula is C22H14BN2O2PS. The fraction of sp³-hybridized carbons (Fsp3) is 0. The van der Waals surface area contributed by atoms with Gasteiger partial charge in [0.1, 0.15) is 7.85 Å². The zero-order chi connectivity index (χ0) is 20.6. The van der Waals surface area contributed by atoms with Gasteiger partial charge in [-0.15, -0.1) is 9.24 Å². The summed E-state index contributed by atoms with van der Waals surface area (Å²) in [5.74, 6) is 0. The molecule has 29 heavy (non-hydrogen) atoms. The summed E-state index contributed by atoms with van der Waals surface area (Å²) in [5, 5.41) is 10.8. The van der Waals surface area contributed by atoms with Crippen molar-refractivity contribution >= 4 is 48.6 Å². The van der Waals surface area contributed by atoms with Crippen LogP contribution in [0.4, 0.5) is 0 Å². The molecule has 4 rings (SSSR count). The minimum Gasteiger partial charge on any atom is -0.255 e. The van der Waals surface area contributed by atoms with Crippen LogP contribution in [0.2, 0.25) is 0 Å². The molecule has 0 N–H and O–H groups in total. The SMILES string of the molecule is [B]c1ccc(-c2c(S(=O)(=O)c3cccc(C#N)c3)cnc3cc(P)ccc23)cc1. The molecule has 0 fully saturated rings. The van der Waals surface area contributed by atoms with E-state index in [0.717, 1.165) is 16.3 Å². The maximum absolute atomic E-state index is 13.5. The smallest absolute Gasteiger partial charge is 0.208 e. The zero-order valence-electron chi connectivity index (χ0n) is 15.2.